The molecule has 144 valence electrons. The molecule has 1 aromatic carbocycles. The van der Waals surface area contributed by atoms with E-state index in [1.54, 1.807) is 6.21 Å². The van der Waals surface area contributed by atoms with Crippen LogP contribution in [0.2, 0.25) is 0 Å². The van der Waals surface area contributed by atoms with E-state index in [2.05, 4.69) is 27.2 Å². The average Bonchev–Trinajstić information content (AvgIpc) is 3.00. The number of nitrogens with zero attached hydrogens (tertiary/aromatic N) is 2. The Morgan fingerprint density at radius 1 is 1.33 bits per heavy atom. The van der Waals surface area contributed by atoms with Gasteiger partial charge in [0.15, 0.2) is 5.17 Å². The summed E-state index contributed by atoms with van der Waals surface area (Å²) in [7, 11) is 1.25. The molecule has 0 aliphatic carbocycles. The molecule has 7 nitrogen and oxygen atoms in total. The van der Waals surface area contributed by atoms with Gasteiger partial charge >= 0.3 is 5.97 Å². The van der Waals surface area contributed by atoms with Gasteiger partial charge in [0.2, 0.25) is 0 Å². The number of esters is 1. The monoisotopic (exact) mass is 389 g/mol. The third kappa shape index (κ3) is 6.56. The Labute approximate surface area is 162 Å². The van der Waals surface area contributed by atoms with Crippen LogP contribution in [0.15, 0.2) is 39.4 Å². The van der Waals surface area contributed by atoms with Crippen LogP contribution in [0.1, 0.15) is 37.3 Å². The minimum absolute atomic E-state index is 0.217. The molecule has 1 aliphatic heterocycles. The van der Waals surface area contributed by atoms with E-state index in [4.69, 9.17) is 4.74 Å². The van der Waals surface area contributed by atoms with Crippen LogP contribution < -0.4 is 10.1 Å². The van der Waals surface area contributed by atoms with Crippen molar-refractivity contribution in [3.8, 4) is 5.75 Å². The molecule has 2 rings (SSSR count). The van der Waals surface area contributed by atoms with Gasteiger partial charge < -0.3 is 9.47 Å². The summed E-state index contributed by atoms with van der Waals surface area (Å²) in [5.74, 6) is -0.171. The largest absolute Gasteiger partial charge is 0.493 e. The number of amides is 1. The van der Waals surface area contributed by atoms with Crippen LogP contribution in [0.4, 0.5) is 0 Å². The molecule has 0 aromatic heterocycles. The SMILES string of the molecule is CCCCCOc1cc(C=N/N=C2/NC(=O)/C(=C\C(=O)OC)S2)ccc1C. The zero-order chi connectivity index (χ0) is 19.6. The summed E-state index contributed by atoms with van der Waals surface area (Å²) in [6.07, 6.45) is 6.03. The minimum Gasteiger partial charge on any atom is -0.493 e. The summed E-state index contributed by atoms with van der Waals surface area (Å²) < 4.78 is 10.3. The number of aryl methyl sites for hydroxylation is 1. The van der Waals surface area contributed by atoms with Gasteiger partial charge in [0.1, 0.15) is 5.75 Å². The molecular weight excluding hydrogens is 366 g/mol. The maximum atomic E-state index is 11.7. The van der Waals surface area contributed by atoms with Crippen molar-refractivity contribution in [1.82, 2.24) is 5.32 Å². The van der Waals surface area contributed by atoms with Crippen LogP contribution in [0, 0.1) is 6.92 Å². The van der Waals surface area contributed by atoms with E-state index in [0.717, 1.165) is 54.0 Å². The minimum atomic E-state index is -0.594. The van der Waals surface area contributed by atoms with Crippen LogP contribution in [0.25, 0.3) is 0 Å². The lowest BCUT2D eigenvalue weighted by atomic mass is 10.1. The highest BCUT2D eigenvalue weighted by atomic mass is 32.2. The van der Waals surface area contributed by atoms with Gasteiger partial charge in [-0.2, -0.15) is 5.10 Å². The number of hydrogen-bond donors (Lipinski definition) is 1. The van der Waals surface area contributed by atoms with Crippen LogP contribution in [0.5, 0.6) is 5.75 Å². The molecule has 1 aromatic rings. The first-order valence-corrected chi connectivity index (χ1v) is 9.48. The molecule has 0 unspecified atom stereocenters. The van der Waals surface area contributed by atoms with Crippen molar-refractivity contribution >= 4 is 35.0 Å². The second-order valence-corrected chi connectivity index (χ2v) is 6.85. The quantitative estimate of drug-likeness (QED) is 0.242. The van der Waals surface area contributed by atoms with Gasteiger partial charge in [-0.1, -0.05) is 31.9 Å². The number of rotatable bonds is 8. The summed E-state index contributed by atoms with van der Waals surface area (Å²) in [4.78, 5) is 23.2. The lowest BCUT2D eigenvalue weighted by Crippen LogP contribution is -2.19. The summed E-state index contributed by atoms with van der Waals surface area (Å²) in [5, 5.41) is 10.8. The zero-order valence-corrected chi connectivity index (χ0v) is 16.5. The predicted molar refractivity (Wildman–Crippen MR) is 107 cm³/mol. The number of thioether (sulfide) groups is 1. The van der Waals surface area contributed by atoms with Gasteiger partial charge in [0.05, 0.1) is 24.8 Å². The maximum Gasteiger partial charge on any atom is 0.331 e. The number of amidine groups is 1. The maximum absolute atomic E-state index is 11.7. The van der Waals surface area contributed by atoms with E-state index in [-0.39, 0.29) is 4.91 Å². The lowest BCUT2D eigenvalue weighted by molar-refractivity contribution is -0.135. The van der Waals surface area contributed by atoms with E-state index < -0.39 is 11.9 Å². The first kappa shape index (κ1) is 20.7. The Morgan fingerprint density at radius 2 is 2.15 bits per heavy atom. The molecule has 27 heavy (non-hydrogen) atoms. The standard InChI is InChI=1S/C19H23N3O4S/c1-4-5-6-9-26-15-10-14(8-7-13(15)2)12-20-22-19-21-18(24)16(27-19)11-17(23)25-3/h7-8,10-12H,4-6,9H2,1-3H3,(H,21,22,24)/b16-11+,20-12?. The van der Waals surface area contributed by atoms with Gasteiger partial charge in [-0.3, -0.25) is 10.1 Å². The number of benzene rings is 1. The number of hydrogen-bond acceptors (Lipinski definition) is 7. The second kappa shape index (κ2) is 10.5. The van der Waals surface area contributed by atoms with E-state index in [9.17, 15) is 9.59 Å². The first-order chi connectivity index (χ1) is 13.0. The highest BCUT2D eigenvalue weighted by Gasteiger charge is 2.24. The predicted octanol–water partition coefficient (Wildman–Crippen LogP) is 3.17. The van der Waals surface area contributed by atoms with Crippen molar-refractivity contribution in [2.45, 2.75) is 33.1 Å². The van der Waals surface area contributed by atoms with Crippen LogP contribution >= 0.6 is 11.8 Å². The number of carbonyl (C=O) groups excluding carboxylic acids is 2. The molecule has 0 bridgehead atoms. The molecule has 1 fully saturated rings. The summed E-state index contributed by atoms with van der Waals surface area (Å²) in [6.45, 7) is 4.84. The van der Waals surface area contributed by atoms with Crippen LogP contribution in [-0.2, 0) is 14.3 Å². The van der Waals surface area contributed by atoms with E-state index in [1.807, 2.05) is 25.1 Å². The molecular formula is C19H23N3O4S. The van der Waals surface area contributed by atoms with Crippen molar-refractivity contribution in [1.29, 1.82) is 0 Å². The van der Waals surface area contributed by atoms with Crippen molar-refractivity contribution < 1.29 is 19.1 Å². The first-order valence-electron chi connectivity index (χ1n) is 8.66. The average molecular weight is 389 g/mol. The molecule has 1 aliphatic rings. The van der Waals surface area contributed by atoms with Crippen molar-refractivity contribution in [2.75, 3.05) is 13.7 Å². The number of methoxy groups -OCH3 is 1. The van der Waals surface area contributed by atoms with Gasteiger partial charge in [0.25, 0.3) is 5.91 Å². The number of unbranched alkanes of at least 4 members (excludes halogenated alkanes) is 2. The van der Waals surface area contributed by atoms with Gasteiger partial charge in [-0.25, -0.2) is 4.79 Å². The highest BCUT2D eigenvalue weighted by Crippen LogP contribution is 2.23. The summed E-state index contributed by atoms with van der Waals surface area (Å²) >= 11 is 1.03. The lowest BCUT2D eigenvalue weighted by Gasteiger charge is -2.09. The van der Waals surface area contributed by atoms with E-state index in [0.29, 0.717) is 11.8 Å². The van der Waals surface area contributed by atoms with Gasteiger partial charge in [0, 0.05) is 6.08 Å². The van der Waals surface area contributed by atoms with Crippen LogP contribution in [0.3, 0.4) is 0 Å². The topological polar surface area (TPSA) is 89.4 Å². The molecule has 0 radical (unpaired) electrons. The van der Waals surface area contributed by atoms with Crippen molar-refractivity contribution in [3.05, 3.63) is 40.3 Å². The normalized spacial score (nSPS) is 16.9. The smallest absolute Gasteiger partial charge is 0.331 e. The Morgan fingerprint density at radius 3 is 2.89 bits per heavy atom. The fourth-order valence-corrected chi connectivity index (χ4v) is 2.91. The third-order valence-corrected chi connectivity index (χ3v) is 4.57. The highest BCUT2D eigenvalue weighted by molar-refractivity contribution is 8.18. The van der Waals surface area contributed by atoms with Gasteiger partial charge in [-0.15, -0.1) is 5.10 Å². The molecule has 8 heteroatoms. The van der Waals surface area contributed by atoms with E-state index in [1.165, 1.54) is 7.11 Å². The summed E-state index contributed by atoms with van der Waals surface area (Å²) in [6, 6.07) is 5.79. The number of ether oxygens (including phenoxy) is 2. The van der Waals surface area contributed by atoms with E-state index >= 15 is 0 Å². The molecule has 0 atom stereocenters. The summed E-state index contributed by atoms with van der Waals surface area (Å²) in [5.41, 5.74) is 1.90. The molecule has 0 spiro atoms. The van der Waals surface area contributed by atoms with Crippen molar-refractivity contribution in [3.63, 3.8) is 0 Å². The molecule has 1 N–H and O–H groups in total. The number of carbonyl (C=O) groups is 2. The Bertz CT molecular complexity index is 787. The Balaban J connectivity index is 1.99. The molecule has 1 heterocycles. The van der Waals surface area contributed by atoms with Gasteiger partial charge in [-0.05, 0) is 42.3 Å². The zero-order valence-electron chi connectivity index (χ0n) is 15.7. The fourth-order valence-electron chi connectivity index (χ4n) is 2.18. The Hall–Kier alpha value is -2.61. The third-order valence-electron chi connectivity index (χ3n) is 3.67. The Kier molecular flexibility index (Phi) is 8.06. The number of nitrogens with one attached hydrogen (secondary N) is 1. The second-order valence-electron chi connectivity index (χ2n) is 5.82. The molecule has 1 saturated heterocycles. The molecule has 0 saturated carbocycles. The molecule has 1 amide bonds. The fraction of sp³-hybridized carbons (Fsp3) is 0.368. The van der Waals surface area contributed by atoms with Crippen molar-refractivity contribution in [2.24, 2.45) is 10.2 Å². The van der Waals surface area contributed by atoms with Crippen LogP contribution in [-0.4, -0.2) is 37.0 Å².